The summed E-state index contributed by atoms with van der Waals surface area (Å²) in [6.45, 7) is 1.80. The third-order valence-corrected chi connectivity index (χ3v) is 0.934. The van der Waals surface area contributed by atoms with Crippen LogP contribution in [-0.4, -0.2) is 46.6 Å². The highest BCUT2D eigenvalue weighted by Gasteiger charge is 2.16. The molecule has 0 aliphatic carbocycles. The SMILES string of the molecule is CC(O)C(N)C(=O)O.NCCO. The van der Waals surface area contributed by atoms with E-state index in [0.29, 0.717) is 6.54 Å². The van der Waals surface area contributed by atoms with Gasteiger partial charge in [0.1, 0.15) is 6.04 Å². The van der Waals surface area contributed by atoms with Gasteiger partial charge in [0, 0.05) is 6.54 Å². The summed E-state index contributed by atoms with van der Waals surface area (Å²) in [5.74, 6) is -1.18. The number of nitrogens with two attached hydrogens (primary N) is 2. The van der Waals surface area contributed by atoms with Crippen molar-refractivity contribution in [3.05, 3.63) is 0 Å². The maximum atomic E-state index is 9.86. The standard InChI is InChI=1S/C4H9NO3.C2H7NO/c1-2(6)3(5)4(7)8;3-1-2-4/h2-3,6H,5H2,1H3,(H,7,8);4H,1-3H2. The molecule has 12 heavy (non-hydrogen) atoms. The zero-order chi connectivity index (χ0) is 10.1. The molecule has 0 rings (SSSR count). The summed E-state index contributed by atoms with van der Waals surface area (Å²) >= 11 is 0. The van der Waals surface area contributed by atoms with Crippen molar-refractivity contribution in [1.29, 1.82) is 0 Å². The molecule has 0 spiro atoms. The van der Waals surface area contributed by atoms with E-state index in [1.807, 2.05) is 0 Å². The monoisotopic (exact) mass is 180 g/mol. The number of hydrogen-bond donors (Lipinski definition) is 5. The lowest BCUT2D eigenvalue weighted by Crippen LogP contribution is -2.39. The second-order valence-electron chi connectivity index (χ2n) is 2.12. The second-order valence-corrected chi connectivity index (χ2v) is 2.12. The number of carboxylic acids is 1. The van der Waals surface area contributed by atoms with Gasteiger partial charge in [-0.05, 0) is 6.92 Å². The van der Waals surface area contributed by atoms with Crippen LogP contribution in [0.5, 0.6) is 0 Å². The Hall–Kier alpha value is -0.690. The molecule has 7 N–H and O–H groups in total. The molecule has 0 aromatic rings. The van der Waals surface area contributed by atoms with Gasteiger partial charge in [-0.1, -0.05) is 0 Å². The van der Waals surface area contributed by atoms with Crippen molar-refractivity contribution < 1.29 is 20.1 Å². The Morgan fingerprint density at radius 2 is 1.92 bits per heavy atom. The molecule has 0 aromatic heterocycles. The maximum Gasteiger partial charge on any atom is 0.323 e. The van der Waals surface area contributed by atoms with Crippen LogP contribution in [0.4, 0.5) is 0 Å². The Kier molecular flexibility index (Phi) is 9.72. The van der Waals surface area contributed by atoms with Gasteiger partial charge in [0.25, 0.3) is 0 Å². The van der Waals surface area contributed by atoms with Gasteiger partial charge in [0.2, 0.25) is 0 Å². The van der Waals surface area contributed by atoms with Gasteiger partial charge in [-0.15, -0.1) is 0 Å². The summed E-state index contributed by atoms with van der Waals surface area (Å²) in [5.41, 5.74) is 9.69. The first-order valence-corrected chi connectivity index (χ1v) is 3.44. The van der Waals surface area contributed by atoms with Crippen molar-refractivity contribution in [3.8, 4) is 0 Å². The van der Waals surface area contributed by atoms with Crippen LogP contribution in [0.25, 0.3) is 0 Å². The zero-order valence-electron chi connectivity index (χ0n) is 6.97. The van der Waals surface area contributed by atoms with Crippen LogP contribution in [0.3, 0.4) is 0 Å². The highest BCUT2D eigenvalue weighted by atomic mass is 16.4. The normalized spacial score (nSPS) is 14.1. The van der Waals surface area contributed by atoms with Crippen molar-refractivity contribution in [2.75, 3.05) is 13.2 Å². The predicted molar refractivity (Wildman–Crippen MR) is 43.4 cm³/mol. The lowest BCUT2D eigenvalue weighted by Gasteiger charge is -2.06. The van der Waals surface area contributed by atoms with E-state index in [2.05, 4.69) is 0 Å². The van der Waals surface area contributed by atoms with Crippen LogP contribution in [0.15, 0.2) is 0 Å². The molecule has 0 saturated carbocycles. The summed E-state index contributed by atoms with van der Waals surface area (Å²) in [5, 5.41) is 24.3. The molecular weight excluding hydrogens is 164 g/mol. The Bertz CT molecular complexity index is 116. The first kappa shape index (κ1) is 13.9. The van der Waals surface area contributed by atoms with Crippen molar-refractivity contribution in [2.24, 2.45) is 11.5 Å². The number of rotatable bonds is 3. The minimum Gasteiger partial charge on any atom is -0.480 e. The lowest BCUT2D eigenvalue weighted by atomic mass is 10.2. The average molecular weight is 180 g/mol. The maximum absolute atomic E-state index is 9.86. The molecule has 0 radical (unpaired) electrons. The molecule has 6 heteroatoms. The van der Waals surface area contributed by atoms with E-state index in [0.717, 1.165) is 0 Å². The molecule has 0 aliphatic rings. The number of carbonyl (C=O) groups is 1. The Labute approximate surface area is 70.8 Å². The lowest BCUT2D eigenvalue weighted by molar-refractivity contribution is -0.140. The van der Waals surface area contributed by atoms with E-state index >= 15 is 0 Å². The Morgan fingerprint density at radius 3 is 1.92 bits per heavy atom. The highest BCUT2D eigenvalue weighted by molar-refractivity contribution is 5.73. The van der Waals surface area contributed by atoms with Crippen LogP contribution in [0.2, 0.25) is 0 Å². The van der Waals surface area contributed by atoms with Gasteiger partial charge < -0.3 is 26.8 Å². The fourth-order valence-corrected chi connectivity index (χ4v) is 0.206. The topological polar surface area (TPSA) is 130 Å². The molecule has 0 fully saturated rings. The summed E-state index contributed by atoms with van der Waals surface area (Å²) in [6, 6.07) is -1.16. The fraction of sp³-hybridized carbons (Fsp3) is 0.833. The molecule has 0 aromatic carbocycles. The molecule has 0 bridgehead atoms. The molecule has 2 unspecified atom stereocenters. The number of hydrogen-bond acceptors (Lipinski definition) is 5. The summed E-state index contributed by atoms with van der Waals surface area (Å²) in [4.78, 5) is 9.86. The van der Waals surface area contributed by atoms with E-state index < -0.39 is 18.1 Å². The molecule has 2 atom stereocenters. The van der Waals surface area contributed by atoms with E-state index in [1.165, 1.54) is 6.92 Å². The molecule has 0 aliphatic heterocycles. The quantitative estimate of drug-likeness (QED) is 0.332. The van der Waals surface area contributed by atoms with Gasteiger partial charge in [-0.3, -0.25) is 4.79 Å². The minimum atomic E-state index is -1.18. The zero-order valence-corrected chi connectivity index (χ0v) is 6.97. The van der Waals surface area contributed by atoms with E-state index in [1.54, 1.807) is 0 Å². The third kappa shape index (κ3) is 9.31. The minimum absolute atomic E-state index is 0.0972. The van der Waals surface area contributed by atoms with E-state index in [9.17, 15) is 4.79 Å². The van der Waals surface area contributed by atoms with Crippen molar-refractivity contribution in [2.45, 2.75) is 19.1 Å². The first-order valence-electron chi connectivity index (χ1n) is 3.44. The van der Waals surface area contributed by atoms with Crippen LogP contribution in [0, 0.1) is 0 Å². The van der Waals surface area contributed by atoms with Crippen molar-refractivity contribution in [3.63, 3.8) is 0 Å². The number of aliphatic hydroxyl groups is 2. The van der Waals surface area contributed by atoms with E-state index in [-0.39, 0.29) is 6.61 Å². The summed E-state index contributed by atoms with van der Waals surface area (Å²) < 4.78 is 0. The summed E-state index contributed by atoms with van der Waals surface area (Å²) in [7, 11) is 0. The molecule has 74 valence electrons. The van der Waals surface area contributed by atoms with Crippen LogP contribution in [-0.2, 0) is 4.79 Å². The van der Waals surface area contributed by atoms with E-state index in [4.69, 9.17) is 26.8 Å². The van der Waals surface area contributed by atoms with Crippen LogP contribution in [0.1, 0.15) is 6.92 Å². The number of aliphatic hydroxyl groups excluding tert-OH is 2. The number of aliphatic carboxylic acids is 1. The molecular formula is C6H16N2O4. The molecule has 6 nitrogen and oxygen atoms in total. The van der Waals surface area contributed by atoms with Gasteiger partial charge in [-0.25, -0.2) is 0 Å². The molecule has 0 amide bonds. The van der Waals surface area contributed by atoms with Crippen LogP contribution >= 0.6 is 0 Å². The number of carboxylic acid groups (broad SMARTS) is 1. The average Bonchev–Trinajstić information content (AvgIpc) is 2.03. The first-order chi connectivity index (χ1) is 5.47. The van der Waals surface area contributed by atoms with Gasteiger partial charge in [-0.2, -0.15) is 0 Å². The second kappa shape index (κ2) is 8.41. The van der Waals surface area contributed by atoms with Crippen molar-refractivity contribution >= 4 is 5.97 Å². The largest absolute Gasteiger partial charge is 0.480 e. The highest BCUT2D eigenvalue weighted by Crippen LogP contribution is 1.85. The fourth-order valence-electron chi connectivity index (χ4n) is 0.206. The Balaban J connectivity index is 0. The van der Waals surface area contributed by atoms with Crippen LogP contribution < -0.4 is 11.5 Å². The van der Waals surface area contributed by atoms with Gasteiger partial charge in [0.05, 0.1) is 12.7 Å². The van der Waals surface area contributed by atoms with Crippen molar-refractivity contribution in [1.82, 2.24) is 0 Å². The molecule has 0 heterocycles. The molecule has 0 saturated heterocycles. The summed E-state index contributed by atoms with van der Waals surface area (Å²) in [6.07, 6.45) is -0.979. The predicted octanol–water partition coefficient (Wildman–Crippen LogP) is -2.28. The van der Waals surface area contributed by atoms with Gasteiger partial charge >= 0.3 is 5.97 Å². The Morgan fingerprint density at radius 1 is 1.58 bits per heavy atom. The smallest absolute Gasteiger partial charge is 0.323 e. The third-order valence-electron chi connectivity index (χ3n) is 0.934. The van der Waals surface area contributed by atoms with Gasteiger partial charge in [0.15, 0.2) is 0 Å².